The molecule has 4 nitrogen and oxygen atoms in total. The summed E-state index contributed by atoms with van der Waals surface area (Å²) >= 11 is 0. The van der Waals surface area contributed by atoms with Crippen molar-refractivity contribution < 1.29 is 35.9 Å². The van der Waals surface area contributed by atoms with Gasteiger partial charge in [-0.25, -0.2) is 0 Å². The highest BCUT2D eigenvalue weighted by Gasteiger charge is 2.43. The van der Waals surface area contributed by atoms with Crippen molar-refractivity contribution >= 4 is 17.5 Å². The Labute approximate surface area is 158 Å². The molecule has 1 aromatic carbocycles. The molecule has 0 radical (unpaired) electrons. The Morgan fingerprint density at radius 1 is 1.07 bits per heavy atom. The van der Waals surface area contributed by atoms with Crippen LogP contribution in [0, 0.1) is 0 Å². The maximum Gasteiger partial charge on any atom is 0.397 e. The zero-order valence-electron chi connectivity index (χ0n) is 15.1. The first-order chi connectivity index (χ1) is 12.9. The summed E-state index contributed by atoms with van der Waals surface area (Å²) < 4.78 is 76.6. The monoisotopic (exact) mass is 410 g/mol. The molecule has 156 valence electrons. The Hall–Kier alpha value is -2.26. The van der Waals surface area contributed by atoms with E-state index in [1.807, 2.05) is 0 Å². The number of anilines is 1. The number of hydrogen-bond donors (Lipinski definition) is 0. The van der Waals surface area contributed by atoms with Crippen LogP contribution in [0.2, 0.25) is 0 Å². The smallest absolute Gasteiger partial charge is 0.321 e. The number of carbonyl (C=O) groups excluding carboxylic acids is 2. The number of nitrogens with zero attached hydrogens (tertiary/aromatic N) is 2. The Balaban J connectivity index is 2.43. The molecule has 2 rings (SSSR count). The van der Waals surface area contributed by atoms with Crippen LogP contribution in [-0.2, 0) is 16.0 Å². The molecule has 0 saturated carbocycles. The van der Waals surface area contributed by atoms with Gasteiger partial charge in [-0.3, -0.25) is 14.5 Å². The van der Waals surface area contributed by atoms with Gasteiger partial charge in [0.25, 0.3) is 0 Å². The Kier molecular flexibility index (Phi) is 6.61. The maximum atomic E-state index is 12.8. The summed E-state index contributed by atoms with van der Waals surface area (Å²) in [5, 5.41) is 0. The second kappa shape index (κ2) is 8.40. The third-order valence-corrected chi connectivity index (χ3v) is 4.34. The molecule has 2 amide bonds. The highest BCUT2D eigenvalue weighted by atomic mass is 19.4. The van der Waals surface area contributed by atoms with Crippen molar-refractivity contribution in [3.8, 4) is 0 Å². The lowest BCUT2D eigenvalue weighted by molar-refractivity contribution is -0.163. The summed E-state index contributed by atoms with van der Waals surface area (Å²) in [4.78, 5) is 26.4. The van der Waals surface area contributed by atoms with E-state index in [-0.39, 0.29) is 18.7 Å². The number of fused-ring (bicyclic) bond motifs is 1. The van der Waals surface area contributed by atoms with E-state index in [4.69, 9.17) is 0 Å². The standard InChI is InChI=1S/C18H20F6N2O2/c1-2-9-25(15(27)10-17(19,20)21)14-8-7-12-5-3-4-6-13(12)26(14)16(28)11-18(22,23)24/h3-6,14H,2,7-11H2,1H3. The number of benzene rings is 1. The summed E-state index contributed by atoms with van der Waals surface area (Å²) in [6.07, 6.45) is -13.5. The molecule has 0 aromatic heterocycles. The van der Waals surface area contributed by atoms with Gasteiger partial charge in [0.2, 0.25) is 11.8 Å². The van der Waals surface area contributed by atoms with Crippen molar-refractivity contribution in [3.05, 3.63) is 29.8 Å². The van der Waals surface area contributed by atoms with Gasteiger partial charge in [-0.15, -0.1) is 0 Å². The van der Waals surface area contributed by atoms with Gasteiger partial charge in [0, 0.05) is 12.2 Å². The molecule has 0 fully saturated rings. The van der Waals surface area contributed by atoms with Gasteiger partial charge < -0.3 is 4.90 Å². The lowest BCUT2D eigenvalue weighted by Crippen LogP contribution is -2.56. The van der Waals surface area contributed by atoms with Gasteiger partial charge in [0.05, 0.1) is 0 Å². The maximum absolute atomic E-state index is 12.8. The van der Waals surface area contributed by atoms with E-state index in [1.165, 1.54) is 12.1 Å². The van der Waals surface area contributed by atoms with Gasteiger partial charge in [-0.05, 0) is 30.9 Å². The van der Waals surface area contributed by atoms with Gasteiger partial charge in [-0.2, -0.15) is 26.3 Å². The van der Waals surface area contributed by atoms with Crippen LogP contribution in [0.4, 0.5) is 32.0 Å². The summed E-state index contributed by atoms with van der Waals surface area (Å²) in [7, 11) is 0. The van der Waals surface area contributed by atoms with Crippen molar-refractivity contribution in [2.75, 3.05) is 11.4 Å². The molecule has 0 spiro atoms. The van der Waals surface area contributed by atoms with Crippen LogP contribution in [-0.4, -0.2) is 41.8 Å². The number of carbonyl (C=O) groups is 2. The van der Waals surface area contributed by atoms with Crippen LogP contribution in [0.25, 0.3) is 0 Å². The molecule has 1 atom stereocenters. The van der Waals surface area contributed by atoms with E-state index in [0.29, 0.717) is 18.4 Å². The molecule has 0 N–H and O–H groups in total. The van der Waals surface area contributed by atoms with Gasteiger partial charge >= 0.3 is 12.4 Å². The molecule has 1 unspecified atom stereocenters. The van der Waals surface area contributed by atoms with Crippen molar-refractivity contribution in [3.63, 3.8) is 0 Å². The highest BCUT2D eigenvalue weighted by molar-refractivity contribution is 5.96. The molecule has 0 saturated heterocycles. The summed E-state index contributed by atoms with van der Waals surface area (Å²) in [6, 6.07) is 6.26. The number of halogens is 6. The average Bonchev–Trinajstić information content (AvgIpc) is 2.55. The molecule has 1 heterocycles. The van der Waals surface area contributed by atoms with E-state index in [1.54, 1.807) is 19.1 Å². The Morgan fingerprint density at radius 2 is 1.68 bits per heavy atom. The number of rotatable bonds is 5. The van der Waals surface area contributed by atoms with Crippen LogP contribution < -0.4 is 4.90 Å². The van der Waals surface area contributed by atoms with Crippen molar-refractivity contribution in [2.45, 2.75) is 57.5 Å². The van der Waals surface area contributed by atoms with Crippen LogP contribution in [0.3, 0.4) is 0 Å². The number of amides is 2. The van der Waals surface area contributed by atoms with Crippen molar-refractivity contribution in [1.29, 1.82) is 0 Å². The highest BCUT2D eigenvalue weighted by Crippen LogP contribution is 2.35. The van der Waals surface area contributed by atoms with Crippen LogP contribution in [0.15, 0.2) is 24.3 Å². The van der Waals surface area contributed by atoms with E-state index in [2.05, 4.69) is 0 Å². The fourth-order valence-electron chi connectivity index (χ4n) is 3.34. The minimum absolute atomic E-state index is 0.0597. The first-order valence-corrected chi connectivity index (χ1v) is 8.76. The fourth-order valence-corrected chi connectivity index (χ4v) is 3.34. The molecular weight excluding hydrogens is 390 g/mol. The quantitative estimate of drug-likeness (QED) is 0.674. The molecule has 0 aliphatic carbocycles. The van der Waals surface area contributed by atoms with E-state index in [9.17, 15) is 35.9 Å². The molecule has 1 aliphatic rings. The Bertz CT molecular complexity index is 717. The molecule has 1 aromatic rings. The van der Waals surface area contributed by atoms with Crippen molar-refractivity contribution in [2.24, 2.45) is 0 Å². The second-order valence-electron chi connectivity index (χ2n) is 6.58. The minimum Gasteiger partial charge on any atom is -0.321 e. The first-order valence-electron chi connectivity index (χ1n) is 8.76. The average molecular weight is 410 g/mol. The van der Waals surface area contributed by atoms with E-state index in [0.717, 1.165) is 9.80 Å². The summed E-state index contributed by atoms with van der Waals surface area (Å²) in [6.45, 7) is 1.53. The topological polar surface area (TPSA) is 40.6 Å². The Morgan fingerprint density at radius 3 is 2.25 bits per heavy atom. The summed E-state index contributed by atoms with van der Waals surface area (Å²) in [5.74, 6) is -2.56. The third-order valence-electron chi connectivity index (χ3n) is 4.34. The summed E-state index contributed by atoms with van der Waals surface area (Å²) in [5.41, 5.74) is 0.794. The number of hydrogen-bond acceptors (Lipinski definition) is 2. The molecule has 0 bridgehead atoms. The number of alkyl halides is 6. The molecule has 28 heavy (non-hydrogen) atoms. The lowest BCUT2D eigenvalue weighted by atomic mass is 9.97. The van der Waals surface area contributed by atoms with Gasteiger partial charge in [0.1, 0.15) is 19.0 Å². The third kappa shape index (κ3) is 5.62. The largest absolute Gasteiger partial charge is 0.397 e. The van der Waals surface area contributed by atoms with Crippen LogP contribution in [0.1, 0.15) is 38.2 Å². The van der Waals surface area contributed by atoms with Crippen LogP contribution >= 0.6 is 0 Å². The number of aryl methyl sites for hydroxylation is 1. The SMILES string of the molecule is CCCN(C(=O)CC(F)(F)F)C1CCc2ccccc2N1C(=O)CC(F)(F)F. The van der Waals surface area contributed by atoms with Gasteiger partial charge in [0.15, 0.2) is 0 Å². The van der Waals surface area contributed by atoms with Crippen molar-refractivity contribution in [1.82, 2.24) is 4.90 Å². The first kappa shape index (κ1) is 22.0. The van der Waals surface area contributed by atoms with E-state index < -0.39 is 43.2 Å². The predicted octanol–water partition coefficient (Wildman–Crippen LogP) is 4.44. The number of para-hydroxylation sites is 1. The van der Waals surface area contributed by atoms with Gasteiger partial charge in [-0.1, -0.05) is 25.1 Å². The molecule has 10 heteroatoms. The normalized spacial score (nSPS) is 17.2. The van der Waals surface area contributed by atoms with Crippen LogP contribution in [0.5, 0.6) is 0 Å². The molecular formula is C18H20F6N2O2. The minimum atomic E-state index is -4.78. The lowest BCUT2D eigenvalue weighted by Gasteiger charge is -2.43. The zero-order valence-corrected chi connectivity index (χ0v) is 15.1. The van der Waals surface area contributed by atoms with E-state index >= 15 is 0 Å². The zero-order chi connectivity index (χ0) is 21.1. The fraction of sp³-hybridized carbons (Fsp3) is 0.556. The second-order valence-corrected chi connectivity index (χ2v) is 6.58. The predicted molar refractivity (Wildman–Crippen MR) is 89.4 cm³/mol. The molecule has 1 aliphatic heterocycles.